The minimum Gasteiger partial charge on any atom is -0.390 e. The van der Waals surface area contributed by atoms with Gasteiger partial charge in [0.25, 0.3) is 0 Å². The third-order valence-corrected chi connectivity index (χ3v) is 1.73. The molecule has 0 bridgehead atoms. The van der Waals surface area contributed by atoms with Crippen molar-refractivity contribution < 1.29 is 14.6 Å². The predicted molar refractivity (Wildman–Crippen MR) is 35.7 cm³/mol. The standard InChI is InChI=1S/C7H12O3/c8-4-3-7-6(9)2-1-5-10-7/h4,6-7,9H,1-3,5H2. The minimum atomic E-state index is -0.432. The summed E-state index contributed by atoms with van der Waals surface area (Å²) in [5, 5.41) is 9.22. The highest BCUT2D eigenvalue weighted by Gasteiger charge is 2.22. The van der Waals surface area contributed by atoms with Crippen LogP contribution >= 0.6 is 0 Å². The van der Waals surface area contributed by atoms with E-state index in [1.54, 1.807) is 0 Å². The van der Waals surface area contributed by atoms with Crippen molar-refractivity contribution in [3.63, 3.8) is 0 Å². The molecule has 0 spiro atoms. The second-order valence-corrected chi connectivity index (χ2v) is 2.52. The number of hydrogen-bond acceptors (Lipinski definition) is 3. The Morgan fingerprint density at radius 1 is 1.70 bits per heavy atom. The lowest BCUT2D eigenvalue weighted by atomic mass is 10.0. The van der Waals surface area contributed by atoms with Gasteiger partial charge in [0.2, 0.25) is 0 Å². The molecule has 0 aliphatic carbocycles. The van der Waals surface area contributed by atoms with Crippen molar-refractivity contribution in [2.45, 2.75) is 31.5 Å². The Balaban J connectivity index is 2.32. The van der Waals surface area contributed by atoms with Gasteiger partial charge in [-0.3, -0.25) is 0 Å². The SMILES string of the molecule is O=CCC1OCCCC1O. The number of rotatable bonds is 2. The van der Waals surface area contributed by atoms with Gasteiger partial charge >= 0.3 is 0 Å². The quantitative estimate of drug-likeness (QED) is 0.560. The molecule has 1 aliphatic rings. The van der Waals surface area contributed by atoms with Crippen molar-refractivity contribution in [2.75, 3.05) is 6.61 Å². The summed E-state index contributed by atoms with van der Waals surface area (Å²) in [6, 6.07) is 0. The van der Waals surface area contributed by atoms with Gasteiger partial charge in [0.1, 0.15) is 6.29 Å². The normalized spacial score (nSPS) is 33.7. The molecule has 0 radical (unpaired) electrons. The number of carbonyl (C=O) groups excluding carboxylic acids is 1. The fraction of sp³-hybridized carbons (Fsp3) is 0.857. The van der Waals surface area contributed by atoms with Crippen molar-refractivity contribution in [2.24, 2.45) is 0 Å². The van der Waals surface area contributed by atoms with E-state index in [1.165, 1.54) is 0 Å². The van der Waals surface area contributed by atoms with E-state index in [0.29, 0.717) is 13.0 Å². The molecule has 3 nitrogen and oxygen atoms in total. The molecule has 1 heterocycles. The number of aliphatic hydroxyl groups excluding tert-OH is 1. The van der Waals surface area contributed by atoms with E-state index in [2.05, 4.69) is 0 Å². The maximum Gasteiger partial charge on any atom is 0.122 e. The molecule has 2 unspecified atom stereocenters. The van der Waals surface area contributed by atoms with Crippen LogP contribution in [-0.2, 0) is 9.53 Å². The van der Waals surface area contributed by atoms with Crippen LogP contribution in [0.3, 0.4) is 0 Å². The van der Waals surface area contributed by atoms with Crippen molar-refractivity contribution in [3.8, 4) is 0 Å². The highest BCUT2D eigenvalue weighted by Crippen LogP contribution is 2.15. The summed E-state index contributed by atoms with van der Waals surface area (Å²) in [7, 11) is 0. The summed E-state index contributed by atoms with van der Waals surface area (Å²) in [5.41, 5.74) is 0. The molecule has 0 saturated carbocycles. The van der Waals surface area contributed by atoms with Gasteiger partial charge < -0.3 is 14.6 Å². The molecule has 2 atom stereocenters. The summed E-state index contributed by atoms with van der Waals surface area (Å²) in [5.74, 6) is 0. The summed E-state index contributed by atoms with van der Waals surface area (Å²) in [6.07, 6.45) is 2.10. The maximum atomic E-state index is 10.0. The Hall–Kier alpha value is -0.410. The molecule has 0 aromatic rings. The number of aldehydes is 1. The third kappa shape index (κ3) is 1.78. The molecule has 1 rings (SSSR count). The molecular weight excluding hydrogens is 132 g/mol. The fourth-order valence-electron chi connectivity index (χ4n) is 1.14. The lowest BCUT2D eigenvalue weighted by Gasteiger charge is -2.26. The summed E-state index contributed by atoms with van der Waals surface area (Å²) in [6.45, 7) is 0.676. The molecular formula is C7H12O3. The Morgan fingerprint density at radius 2 is 2.50 bits per heavy atom. The predicted octanol–water partition coefficient (Wildman–Crippen LogP) is 0.115. The zero-order valence-electron chi connectivity index (χ0n) is 5.82. The molecule has 10 heavy (non-hydrogen) atoms. The molecule has 0 amide bonds. The van der Waals surface area contributed by atoms with E-state index in [-0.39, 0.29) is 6.10 Å². The van der Waals surface area contributed by atoms with E-state index in [9.17, 15) is 9.90 Å². The van der Waals surface area contributed by atoms with Gasteiger partial charge in [-0.05, 0) is 12.8 Å². The van der Waals surface area contributed by atoms with Crippen LogP contribution in [0.5, 0.6) is 0 Å². The zero-order chi connectivity index (χ0) is 7.40. The maximum absolute atomic E-state index is 10.0. The highest BCUT2D eigenvalue weighted by atomic mass is 16.5. The Morgan fingerprint density at radius 3 is 3.10 bits per heavy atom. The minimum absolute atomic E-state index is 0.244. The number of aliphatic hydroxyl groups is 1. The van der Waals surface area contributed by atoms with Crippen LogP contribution in [0.15, 0.2) is 0 Å². The van der Waals surface area contributed by atoms with Crippen molar-refractivity contribution in [3.05, 3.63) is 0 Å². The average molecular weight is 144 g/mol. The summed E-state index contributed by atoms with van der Waals surface area (Å²) < 4.78 is 5.15. The summed E-state index contributed by atoms with van der Waals surface area (Å²) >= 11 is 0. The molecule has 3 heteroatoms. The second-order valence-electron chi connectivity index (χ2n) is 2.52. The fourth-order valence-corrected chi connectivity index (χ4v) is 1.14. The van der Waals surface area contributed by atoms with E-state index < -0.39 is 6.10 Å². The van der Waals surface area contributed by atoms with Crippen LogP contribution in [0, 0.1) is 0 Å². The van der Waals surface area contributed by atoms with Crippen molar-refractivity contribution >= 4 is 6.29 Å². The molecule has 1 saturated heterocycles. The number of hydrogen-bond donors (Lipinski definition) is 1. The molecule has 1 fully saturated rings. The first-order valence-corrected chi connectivity index (χ1v) is 3.58. The largest absolute Gasteiger partial charge is 0.390 e. The molecule has 1 N–H and O–H groups in total. The van der Waals surface area contributed by atoms with Crippen LogP contribution in [0.2, 0.25) is 0 Å². The first-order chi connectivity index (χ1) is 4.84. The smallest absolute Gasteiger partial charge is 0.122 e. The third-order valence-electron chi connectivity index (χ3n) is 1.73. The van der Waals surface area contributed by atoms with Crippen LogP contribution in [0.4, 0.5) is 0 Å². The van der Waals surface area contributed by atoms with Gasteiger partial charge in [-0.25, -0.2) is 0 Å². The van der Waals surface area contributed by atoms with Gasteiger partial charge in [-0.2, -0.15) is 0 Å². The van der Waals surface area contributed by atoms with Gasteiger partial charge in [-0.1, -0.05) is 0 Å². The second kappa shape index (κ2) is 3.68. The van der Waals surface area contributed by atoms with Gasteiger partial charge in [0.15, 0.2) is 0 Å². The highest BCUT2D eigenvalue weighted by molar-refractivity contribution is 5.50. The first-order valence-electron chi connectivity index (χ1n) is 3.58. The number of ether oxygens (including phenoxy) is 1. The van der Waals surface area contributed by atoms with Crippen molar-refractivity contribution in [1.82, 2.24) is 0 Å². The topological polar surface area (TPSA) is 46.5 Å². The van der Waals surface area contributed by atoms with Crippen LogP contribution in [0.1, 0.15) is 19.3 Å². The lowest BCUT2D eigenvalue weighted by Crippen LogP contribution is -2.34. The van der Waals surface area contributed by atoms with Gasteiger partial charge in [0.05, 0.1) is 12.2 Å². The molecule has 0 aromatic carbocycles. The van der Waals surface area contributed by atoms with E-state index in [1.807, 2.05) is 0 Å². The van der Waals surface area contributed by atoms with Crippen LogP contribution in [-0.4, -0.2) is 30.2 Å². The zero-order valence-corrected chi connectivity index (χ0v) is 5.82. The Kier molecular flexibility index (Phi) is 2.83. The molecule has 0 aromatic heterocycles. The van der Waals surface area contributed by atoms with E-state index in [4.69, 9.17) is 4.74 Å². The Bertz CT molecular complexity index is 113. The Labute approximate surface area is 60.0 Å². The first kappa shape index (κ1) is 7.69. The van der Waals surface area contributed by atoms with Gasteiger partial charge in [-0.15, -0.1) is 0 Å². The van der Waals surface area contributed by atoms with Crippen LogP contribution in [0.25, 0.3) is 0 Å². The summed E-state index contributed by atoms with van der Waals surface area (Å²) in [4.78, 5) is 10.0. The van der Waals surface area contributed by atoms with Crippen molar-refractivity contribution in [1.29, 1.82) is 0 Å². The monoisotopic (exact) mass is 144 g/mol. The van der Waals surface area contributed by atoms with E-state index in [0.717, 1.165) is 19.1 Å². The number of carbonyl (C=O) groups is 1. The van der Waals surface area contributed by atoms with Gasteiger partial charge in [0, 0.05) is 13.0 Å². The van der Waals surface area contributed by atoms with E-state index >= 15 is 0 Å². The van der Waals surface area contributed by atoms with Crippen LogP contribution < -0.4 is 0 Å². The lowest BCUT2D eigenvalue weighted by molar-refractivity contribution is -0.117. The average Bonchev–Trinajstić information content (AvgIpc) is 1.94. The molecule has 1 aliphatic heterocycles. The molecule has 58 valence electrons.